The maximum Gasteiger partial charge on any atom is 0.412 e. The van der Waals surface area contributed by atoms with Crippen LogP contribution < -0.4 is 5.32 Å². The number of carbonyl (C=O) groups is 1. The second kappa shape index (κ2) is 9.61. The van der Waals surface area contributed by atoms with E-state index in [9.17, 15) is 9.18 Å². The molecule has 172 valence electrons. The van der Waals surface area contributed by atoms with Crippen LogP contribution in [0.1, 0.15) is 42.9 Å². The van der Waals surface area contributed by atoms with Crippen LogP contribution in [-0.4, -0.2) is 6.09 Å². The molecule has 6 heteroatoms. The van der Waals surface area contributed by atoms with Gasteiger partial charge >= 0.3 is 6.09 Å². The quantitative estimate of drug-likeness (QED) is 0.292. The van der Waals surface area contributed by atoms with Crippen LogP contribution in [0.25, 0.3) is 21.6 Å². The zero-order valence-electron chi connectivity index (χ0n) is 18.6. The van der Waals surface area contributed by atoms with Gasteiger partial charge in [0.15, 0.2) is 0 Å². The maximum absolute atomic E-state index is 14.0. The first-order valence-electron chi connectivity index (χ1n) is 11.2. The fourth-order valence-corrected chi connectivity index (χ4v) is 5.20. The van der Waals surface area contributed by atoms with E-state index in [1.165, 1.54) is 41.4 Å². The third kappa shape index (κ3) is 5.01. The predicted molar refractivity (Wildman–Crippen MR) is 137 cm³/mol. The Morgan fingerprint density at radius 2 is 1.62 bits per heavy atom. The van der Waals surface area contributed by atoms with Crippen LogP contribution >= 0.6 is 22.9 Å². The molecule has 5 rings (SSSR count). The number of rotatable bonds is 6. The molecule has 1 atom stereocenters. The molecule has 1 unspecified atom stereocenters. The number of amides is 1. The number of hydrogen-bond donors (Lipinski definition) is 1. The van der Waals surface area contributed by atoms with Gasteiger partial charge in [-0.2, -0.15) is 0 Å². The van der Waals surface area contributed by atoms with Gasteiger partial charge in [0.1, 0.15) is 11.9 Å². The van der Waals surface area contributed by atoms with E-state index < -0.39 is 18.0 Å². The molecule has 34 heavy (non-hydrogen) atoms. The summed E-state index contributed by atoms with van der Waals surface area (Å²) in [5.74, 6) is 0.330. The van der Waals surface area contributed by atoms with E-state index in [2.05, 4.69) is 41.7 Å². The highest BCUT2D eigenvalue weighted by atomic mass is 35.5. The van der Waals surface area contributed by atoms with Crippen molar-refractivity contribution in [3.63, 3.8) is 0 Å². The Morgan fingerprint density at radius 1 is 1.00 bits per heavy atom. The Hall–Kier alpha value is -3.15. The van der Waals surface area contributed by atoms with Crippen LogP contribution in [0.5, 0.6) is 0 Å². The molecule has 0 aliphatic heterocycles. The molecule has 1 aromatic heterocycles. The van der Waals surface area contributed by atoms with Crippen LogP contribution in [0.3, 0.4) is 0 Å². The number of thiophene rings is 1. The highest BCUT2D eigenvalue weighted by molar-refractivity contribution is 7.20. The Balaban J connectivity index is 1.30. The Morgan fingerprint density at radius 3 is 2.26 bits per heavy atom. The van der Waals surface area contributed by atoms with Crippen molar-refractivity contribution >= 4 is 34.7 Å². The van der Waals surface area contributed by atoms with Crippen molar-refractivity contribution in [2.45, 2.75) is 31.8 Å². The number of nitrogens with one attached hydrogen (secondary N) is 1. The molecular formula is C28H23ClFNO2S. The molecular weight excluding hydrogens is 469 g/mol. The van der Waals surface area contributed by atoms with E-state index in [-0.39, 0.29) is 0 Å². The normalized spacial score (nSPS) is 14.0. The molecule has 1 saturated carbocycles. The van der Waals surface area contributed by atoms with E-state index in [1.807, 2.05) is 12.1 Å². The van der Waals surface area contributed by atoms with Gasteiger partial charge in [-0.25, -0.2) is 9.18 Å². The predicted octanol–water partition coefficient (Wildman–Crippen LogP) is 9.06. The van der Waals surface area contributed by atoms with E-state index in [0.29, 0.717) is 15.6 Å². The summed E-state index contributed by atoms with van der Waals surface area (Å²) < 4.78 is 19.9. The summed E-state index contributed by atoms with van der Waals surface area (Å²) in [6.07, 6.45) is 1.19. The second-order valence-electron chi connectivity index (χ2n) is 8.46. The van der Waals surface area contributed by atoms with Crippen LogP contribution in [0, 0.1) is 5.82 Å². The number of hydrogen-bond acceptors (Lipinski definition) is 3. The molecule has 3 nitrogen and oxygen atoms in total. The highest BCUT2D eigenvalue weighted by Crippen LogP contribution is 2.42. The number of benzene rings is 3. The monoisotopic (exact) mass is 491 g/mol. The molecule has 0 radical (unpaired) electrons. The number of ether oxygens (including phenoxy) is 1. The van der Waals surface area contributed by atoms with Crippen molar-refractivity contribution in [1.82, 2.24) is 0 Å². The minimum Gasteiger partial charge on any atom is -0.441 e. The van der Waals surface area contributed by atoms with Crippen LogP contribution in [0.15, 0.2) is 78.9 Å². The third-order valence-corrected chi connectivity index (χ3v) is 7.32. The fraction of sp³-hybridized carbons (Fsp3) is 0.179. The average Bonchev–Trinajstić information content (AvgIpc) is 3.62. The summed E-state index contributed by atoms with van der Waals surface area (Å²) in [7, 11) is 0. The molecule has 0 spiro atoms. The van der Waals surface area contributed by atoms with E-state index in [0.717, 1.165) is 21.9 Å². The lowest BCUT2D eigenvalue weighted by molar-refractivity contribution is 0.119. The van der Waals surface area contributed by atoms with Gasteiger partial charge < -0.3 is 4.74 Å². The molecule has 1 aliphatic rings. The summed E-state index contributed by atoms with van der Waals surface area (Å²) in [6, 6.07) is 24.9. The van der Waals surface area contributed by atoms with Gasteiger partial charge in [-0.1, -0.05) is 78.3 Å². The summed E-state index contributed by atoms with van der Waals surface area (Å²) in [5.41, 5.74) is 5.53. The minimum atomic E-state index is -0.732. The SMILES string of the molecule is CC(OC(=O)Nc1cc(Cl)sc1-c1ccc(-c2ccc(C3CC3)cc2)cc1)c1ccccc1F. The average molecular weight is 492 g/mol. The summed E-state index contributed by atoms with van der Waals surface area (Å²) >= 11 is 7.65. The standard InChI is InChI=1S/C28H23ClFNO2S/c1-17(23-4-2-3-5-24(23)30)33-28(32)31-25-16-26(29)34-27(25)22-14-12-21(13-15-22)20-10-8-19(9-11-20)18-6-7-18/h2-5,8-18H,6-7H2,1H3,(H,31,32). The van der Waals surface area contributed by atoms with Crippen molar-refractivity contribution in [2.24, 2.45) is 0 Å². The van der Waals surface area contributed by atoms with Gasteiger partial charge in [-0.05, 0) is 60.1 Å². The van der Waals surface area contributed by atoms with E-state index in [1.54, 1.807) is 31.2 Å². The summed E-state index contributed by atoms with van der Waals surface area (Å²) in [6.45, 7) is 1.63. The van der Waals surface area contributed by atoms with Crippen molar-refractivity contribution in [3.05, 3.63) is 100 Å². The minimum absolute atomic E-state index is 0.321. The lowest BCUT2D eigenvalue weighted by Gasteiger charge is -2.15. The van der Waals surface area contributed by atoms with Gasteiger partial charge in [0, 0.05) is 5.56 Å². The number of halogens is 2. The van der Waals surface area contributed by atoms with Crippen LogP contribution in [0.4, 0.5) is 14.9 Å². The third-order valence-electron chi connectivity index (χ3n) is 6.01. The lowest BCUT2D eigenvalue weighted by Crippen LogP contribution is -2.16. The molecule has 0 bridgehead atoms. The number of carbonyl (C=O) groups excluding carboxylic acids is 1. The molecule has 1 N–H and O–H groups in total. The largest absolute Gasteiger partial charge is 0.441 e. The molecule has 1 aliphatic carbocycles. The van der Waals surface area contributed by atoms with E-state index in [4.69, 9.17) is 16.3 Å². The van der Waals surface area contributed by atoms with Crippen molar-refractivity contribution < 1.29 is 13.9 Å². The van der Waals surface area contributed by atoms with Crippen LogP contribution in [0.2, 0.25) is 4.34 Å². The first-order chi connectivity index (χ1) is 16.5. The second-order valence-corrected chi connectivity index (χ2v) is 10.1. The topological polar surface area (TPSA) is 38.3 Å². The van der Waals surface area contributed by atoms with Gasteiger partial charge in [0.2, 0.25) is 0 Å². The van der Waals surface area contributed by atoms with Crippen LogP contribution in [-0.2, 0) is 4.74 Å². The van der Waals surface area contributed by atoms with Gasteiger partial charge in [-0.3, -0.25) is 5.32 Å². The zero-order chi connectivity index (χ0) is 23.7. The van der Waals surface area contributed by atoms with Crippen molar-refractivity contribution in [2.75, 3.05) is 5.32 Å². The molecule has 1 amide bonds. The zero-order valence-corrected chi connectivity index (χ0v) is 20.1. The molecule has 4 aromatic rings. The Bertz CT molecular complexity index is 1310. The molecule has 1 fully saturated rings. The first-order valence-corrected chi connectivity index (χ1v) is 12.4. The van der Waals surface area contributed by atoms with Gasteiger partial charge in [0.25, 0.3) is 0 Å². The highest BCUT2D eigenvalue weighted by Gasteiger charge is 2.23. The molecule has 1 heterocycles. The van der Waals surface area contributed by atoms with E-state index >= 15 is 0 Å². The van der Waals surface area contributed by atoms with Crippen molar-refractivity contribution in [3.8, 4) is 21.6 Å². The summed E-state index contributed by atoms with van der Waals surface area (Å²) in [5, 5.41) is 2.76. The van der Waals surface area contributed by atoms with Gasteiger partial charge in [0.05, 0.1) is 14.9 Å². The molecule has 0 saturated heterocycles. The Kier molecular flexibility index (Phi) is 6.40. The number of anilines is 1. The smallest absolute Gasteiger partial charge is 0.412 e. The Labute approximate surface area is 207 Å². The molecule has 3 aromatic carbocycles. The maximum atomic E-state index is 14.0. The lowest BCUT2D eigenvalue weighted by atomic mass is 10.0. The first kappa shape index (κ1) is 22.6. The van der Waals surface area contributed by atoms with Gasteiger partial charge in [-0.15, -0.1) is 11.3 Å². The van der Waals surface area contributed by atoms with Crippen molar-refractivity contribution in [1.29, 1.82) is 0 Å². The summed E-state index contributed by atoms with van der Waals surface area (Å²) in [4.78, 5) is 13.4. The fourth-order valence-electron chi connectivity index (χ4n) is 4.01.